The fourth-order valence-corrected chi connectivity index (χ4v) is 7.14. The van der Waals surface area contributed by atoms with Gasteiger partial charge in [-0.25, -0.2) is 8.42 Å². The average molecular weight is 606 g/mol. The van der Waals surface area contributed by atoms with Crippen molar-refractivity contribution in [3.63, 3.8) is 0 Å². The molecule has 0 bridgehead atoms. The standard InChI is InChI=1S/C34H43N3O5S/c1-5-31(34(39)35-28-14-8-6-9-15-28)36(23-27-13-12-16-29(22-27)42-4)33(38)24-37(32-21-25(2)19-20-26(32)3)43(40,41)30-17-10-7-11-18-30/h7,10-13,16-22,28,31H,5-6,8-9,14-15,23-24H2,1-4H3,(H,35,39)/t31-/m0/s1. The Morgan fingerprint density at radius 1 is 0.953 bits per heavy atom. The van der Waals surface area contributed by atoms with E-state index in [2.05, 4.69) is 5.32 Å². The molecule has 0 aliphatic heterocycles. The van der Waals surface area contributed by atoms with Crippen molar-refractivity contribution in [2.45, 2.75) is 82.8 Å². The van der Waals surface area contributed by atoms with Crippen molar-refractivity contribution in [3.8, 4) is 5.75 Å². The Balaban J connectivity index is 1.74. The number of carbonyl (C=O) groups excluding carboxylic acids is 2. The van der Waals surface area contributed by atoms with Crippen LogP contribution in [0.15, 0.2) is 77.7 Å². The minimum Gasteiger partial charge on any atom is -0.497 e. The number of ether oxygens (including phenoxy) is 1. The predicted octanol–water partition coefficient (Wildman–Crippen LogP) is 5.76. The van der Waals surface area contributed by atoms with Crippen LogP contribution >= 0.6 is 0 Å². The van der Waals surface area contributed by atoms with Gasteiger partial charge in [-0.3, -0.25) is 13.9 Å². The fourth-order valence-electron chi connectivity index (χ4n) is 5.65. The molecule has 1 saturated carbocycles. The maximum Gasteiger partial charge on any atom is 0.264 e. The number of hydrogen-bond acceptors (Lipinski definition) is 5. The van der Waals surface area contributed by atoms with Gasteiger partial charge >= 0.3 is 0 Å². The summed E-state index contributed by atoms with van der Waals surface area (Å²) in [6.07, 6.45) is 5.51. The number of nitrogens with zero attached hydrogens (tertiary/aromatic N) is 2. The monoisotopic (exact) mass is 605 g/mol. The molecule has 0 aromatic heterocycles. The summed E-state index contributed by atoms with van der Waals surface area (Å²) >= 11 is 0. The minimum absolute atomic E-state index is 0.0778. The molecule has 1 N–H and O–H groups in total. The molecule has 43 heavy (non-hydrogen) atoms. The molecule has 3 aromatic carbocycles. The molecule has 1 atom stereocenters. The van der Waals surface area contributed by atoms with E-state index in [1.54, 1.807) is 31.4 Å². The van der Waals surface area contributed by atoms with Crippen molar-refractivity contribution in [3.05, 3.63) is 89.5 Å². The Labute approximate surface area is 256 Å². The highest BCUT2D eigenvalue weighted by Gasteiger charge is 2.35. The maximum absolute atomic E-state index is 14.4. The third-order valence-corrected chi connectivity index (χ3v) is 9.84. The van der Waals surface area contributed by atoms with Crippen LogP contribution in [0, 0.1) is 13.8 Å². The zero-order valence-corrected chi connectivity index (χ0v) is 26.4. The number of rotatable bonds is 12. The van der Waals surface area contributed by atoms with Gasteiger partial charge in [0, 0.05) is 12.6 Å². The average Bonchev–Trinajstić information content (AvgIpc) is 3.02. The molecule has 1 fully saturated rings. The number of hydrogen-bond donors (Lipinski definition) is 1. The largest absolute Gasteiger partial charge is 0.497 e. The lowest BCUT2D eigenvalue weighted by Gasteiger charge is -2.35. The quantitative estimate of drug-likeness (QED) is 0.283. The van der Waals surface area contributed by atoms with Gasteiger partial charge in [-0.15, -0.1) is 0 Å². The lowest BCUT2D eigenvalue weighted by atomic mass is 9.95. The zero-order valence-electron chi connectivity index (χ0n) is 25.6. The van der Waals surface area contributed by atoms with E-state index in [1.165, 1.54) is 21.3 Å². The number of carbonyl (C=O) groups is 2. The number of anilines is 1. The Hall–Kier alpha value is -3.85. The van der Waals surface area contributed by atoms with Gasteiger partial charge in [0.05, 0.1) is 17.7 Å². The summed E-state index contributed by atoms with van der Waals surface area (Å²) in [5.41, 5.74) is 2.80. The second kappa shape index (κ2) is 14.6. The Morgan fingerprint density at radius 3 is 2.35 bits per heavy atom. The lowest BCUT2D eigenvalue weighted by Crippen LogP contribution is -2.54. The SMILES string of the molecule is CC[C@@H](C(=O)NC1CCCCC1)N(Cc1cccc(OC)c1)C(=O)CN(c1cc(C)ccc1C)S(=O)(=O)c1ccccc1. The Bertz CT molecular complexity index is 1500. The summed E-state index contributed by atoms with van der Waals surface area (Å²) < 4.78 is 34.8. The second-order valence-electron chi connectivity index (χ2n) is 11.3. The second-order valence-corrected chi connectivity index (χ2v) is 13.1. The summed E-state index contributed by atoms with van der Waals surface area (Å²) in [6.45, 7) is 5.25. The van der Waals surface area contributed by atoms with E-state index in [4.69, 9.17) is 4.74 Å². The molecule has 1 aliphatic rings. The van der Waals surface area contributed by atoms with E-state index in [-0.39, 0.29) is 23.4 Å². The first-order valence-electron chi connectivity index (χ1n) is 15.0. The number of amides is 2. The maximum atomic E-state index is 14.4. The highest BCUT2D eigenvalue weighted by molar-refractivity contribution is 7.92. The van der Waals surface area contributed by atoms with Crippen LogP contribution in [0.25, 0.3) is 0 Å². The van der Waals surface area contributed by atoms with Crippen molar-refractivity contribution in [2.24, 2.45) is 0 Å². The predicted molar refractivity (Wildman–Crippen MR) is 170 cm³/mol. The van der Waals surface area contributed by atoms with E-state index in [0.717, 1.165) is 48.8 Å². The minimum atomic E-state index is -4.12. The van der Waals surface area contributed by atoms with Crippen LogP contribution in [0.3, 0.4) is 0 Å². The van der Waals surface area contributed by atoms with E-state index >= 15 is 0 Å². The first-order valence-corrected chi connectivity index (χ1v) is 16.5. The number of methoxy groups -OCH3 is 1. The fraction of sp³-hybridized carbons (Fsp3) is 0.412. The van der Waals surface area contributed by atoms with Crippen molar-refractivity contribution in [2.75, 3.05) is 18.0 Å². The molecule has 0 heterocycles. The number of aryl methyl sites for hydroxylation is 2. The molecular formula is C34H43N3O5S. The van der Waals surface area contributed by atoms with Gasteiger partial charge in [-0.1, -0.05) is 68.7 Å². The summed E-state index contributed by atoms with van der Waals surface area (Å²) in [4.78, 5) is 29.7. The van der Waals surface area contributed by atoms with Gasteiger partial charge in [0.1, 0.15) is 18.3 Å². The molecule has 8 nitrogen and oxygen atoms in total. The number of nitrogens with one attached hydrogen (secondary N) is 1. The van der Waals surface area contributed by atoms with Crippen molar-refractivity contribution >= 4 is 27.5 Å². The first kappa shape index (κ1) is 32.1. The van der Waals surface area contributed by atoms with Crippen LogP contribution in [0.2, 0.25) is 0 Å². The van der Waals surface area contributed by atoms with Gasteiger partial charge in [-0.05, 0) is 80.1 Å². The summed E-state index contributed by atoms with van der Waals surface area (Å²) in [6, 6.07) is 20.3. The molecule has 0 spiro atoms. The number of benzene rings is 3. The number of sulfonamides is 1. The molecule has 2 amide bonds. The van der Waals surface area contributed by atoms with Gasteiger partial charge in [0.15, 0.2) is 0 Å². The molecule has 9 heteroatoms. The highest BCUT2D eigenvalue weighted by atomic mass is 32.2. The smallest absolute Gasteiger partial charge is 0.264 e. The van der Waals surface area contributed by atoms with Crippen molar-refractivity contribution < 1.29 is 22.7 Å². The molecule has 0 radical (unpaired) electrons. The molecule has 4 rings (SSSR count). The zero-order chi connectivity index (χ0) is 31.0. The Morgan fingerprint density at radius 2 is 1.67 bits per heavy atom. The summed E-state index contributed by atoms with van der Waals surface area (Å²) in [5, 5.41) is 3.18. The van der Waals surface area contributed by atoms with E-state index in [0.29, 0.717) is 17.9 Å². The first-order chi connectivity index (χ1) is 20.6. The Kier molecular flexibility index (Phi) is 10.9. The molecule has 3 aromatic rings. The van der Waals surface area contributed by atoms with Crippen LogP contribution in [-0.2, 0) is 26.2 Å². The van der Waals surface area contributed by atoms with E-state index < -0.39 is 28.5 Å². The van der Waals surface area contributed by atoms with Gasteiger partial charge in [-0.2, -0.15) is 0 Å². The molecule has 0 unspecified atom stereocenters. The van der Waals surface area contributed by atoms with Crippen LogP contribution in [-0.4, -0.2) is 50.9 Å². The van der Waals surface area contributed by atoms with Crippen LogP contribution in [0.4, 0.5) is 5.69 Å². The lowest BCUT2D eigenvalue weighted by molar-refractivity contribution is -0.140. The highest BCUT2D eigenvalue weighted by Crippen LogP contribution is 2.29. The van der Waals surface area contributed by atoms with Crippen LogP contribution in [0.1, 0.15) is 62.1 Å². The molecule has 1 aliphatic carbocycles. The topological polar surface area (TPSA) is 96.0 Å². The summed E-state index contributed by atoms with van der Waals surface area (Å²) in [5.74, 6) is -0.0444. The molecular weight excluding hydrogens is 562 g/mol. The van der Waals surface area contributed by atoms with Gasteiger partial charge in [0.25, 0.3) is 10.0 Å². The molecule has 0 saturated heterocycles. The van der Waals surface area contributed by atoms with E-state index in [9.17, 15) is 18.0 Å². The van der Waals surface area contributed by atoms with Gasteiger partial charge < -0.3 is 15.0 Å². The van der Waals surface area contributed by atoms with Crippen LogP contribution < -0.4 is 14.4 Å². The third-order valence-electron chi connectivity index (χ3n) is 8.07. The normalized spacial score (nSPS) is 14.5. The van der Waals surface area contributed by atoms with Crippen molar-refractivity contribution in [1.29, 1.82) is 0 Å². The third kappa shape index (κ3) is 7.96. The van der Waals surface area contributed by atoms with Crippen LogP contribution in [0.5, 0.6) is 5.75 Å². The van der Waals surface area contributed by atoms with Crippen molar-refractivity contribution in [1.82, 2.24) is 10.2 Å². The van der Waals surface area contributed by atoms with Gasteiger partial charge in [0.2, 0.25) is 11.8 Å². The molecule has 230 valence electrons. The van der Waals surface area contributed by atoms with E-state index in [1.807, 2.05) is 57.2 Å². The summed E-state index contributed by atoms with van der Waals surface area (Å²) in [7, 11) is -2.54.